The number of methoxy groups -OCH3 is 1. The van der Waals surface area contributed by atoms with Crippen LogP contribution in [-0.2, 0) is 12.5 Å². The van der Waals surface area contributed by atoms with Crippen LogP contribution in [0.1, 0.15) is 11.3 Å². The van der Waals surface area contributed by atoms with Crippen LogP contribution < -0.4 is 9.47 Å². The highest BCUT2D eigenvalue weighted by atomic mass is 35.5. The lowest BCUT2D eigenvalue weighted by Crippen LogP contribution is -1.99. The van der Waals surface area contributed by atoms with Crippen molar-refractivity contribution in [2.75, 3.05) is 7.11 Å². The zero-order valence-electron chi connectivity index (χ0n) is 10.1. The molecule has 0 N–H and O–H groups in total. The molecule has 0 spiro atoms. The fraction of sp³-hybridized carbons (Fsp3) is 0.214. The molecule has 3 nitrogen and oxygen atoms in total. The van der Waals surface area contributed by atoms with Crippen molar-refractivity contribution < 1.29 is 9.47 Å². The third kappa shape index (κ3) is 3.14. The topological polar surface area (TPSA) is 31.4 Å². The molecule has 0 saturated heterocycles. The van der Waals surface area contributed by atoms with Crippen LogP contribution in [-0.4, -0.2) is 12.1 Å². The molecule has 2 rings (SSSR count). The highest BCUT2D eigenvalue weighted by Crippen LogP contribution is 2.29. The van der Waals surface area contributed by atoms with Gasteiger partial charge in [0.1, 0.15) is 6.61 Å². The number of benzene rings is 1. The number of halogens is 1. The van der Waals surface area contributed by atoms with E-state index in [1.54, 1.807) is 13.3 Å². The van der Waals surface area contributed by atoms with Crippen molar-refractivity contribution in [2.24, 2.45) is 0 Å². The number of hydrogen-bond donors (Lipinski definition) is 0. The minimum atomic E-state index is 0.414. The van der Waals surface area contributed by atoms with Crippen LogP contribution in [0.2, 0.25) is 0 Å². The van der Waals surface area contributed by atoms with E-state index < -0.39 is 0 Å². The zero-order valence-corrected chi connectivity index (χ0v) is 10.9. The third-order valence-corrected chi connectivity index (χ3v) is 2.79. The molecule has 0 bridgehead atoms. The predicted octanol–water partition coefficient (Wildman–Crippen LogP) is 3.41. The maximum Gasteiger partial charge on any atom is 0.161 e. The molecule has 1 heterocycles. The SMILES string of the molecule is COc1cc(CCl)ccc1OCc1ccccn1. The third-order valence-electron chi connectivity index (χ3n) is 2.48. The van der Waals surface area contributed by atoms with Crippen molar-refractivity contribution in [3.8, 4) is 11.5 Å². The molecule has 1 aromatic heterocycles. The van der Waals surface area contributed by atoms with Crippen LogP contribution in [0.4, 0.5) is 0 Å². The Hall–Kier alpha value is -1.74. The van der Waals surface area contributed by atoms with Crippen LogP contribution in [0.3, 0.4) is 0 Å². The van der Waals surface area contributed by atoms with Gasteiger partial charge < -0.3 is 9.47 Å². The summed E-state index contributed by atoms with van der Waals surface area (Å²) in [7, 11) is 1.61. The van der Waals surface area contributed by atoms with E-state index in [0.717, 1.165) is 11.3 Å². The van der Waals surface area contributed by atoms with E-state index in [4.69, 9.17) is 21.1 Å². The van der Waals surface area contributed by atoms with Gasteiger partial charge in [0.2, 0.25) is 0 Å². The van der Waals surface area contributed by atoms with Crippen molar-refractivity contribution in [1.29, 1.82) is 0 Å². The fourth-order valence-electron chi connectivity index (χ4n) is 1.55. The highest BCUT2D eigenvalue weighted by Gasteiger charge is 2.06. The fourth-order valence-corrected chi connectivity index (χ4v) is 1.72. The van der Waals surface area contributed by atoms with Gasteiger partial charge in [-0.2, -0.15) is 0 Å². The van der Waals surface area contributed by atoms with Gasteiger partial charge in [0.15, 0.2) is 11.5 Å². The minimum Gasteiger partial charge on any atom is -0.493 e. The van der Waals surface area contributed by atoms with Gasteiger partial charge >= 0.3 is 0 Å². The molecule has 0 aliphatic rings. The zero-order chi connectivity index (χ0) is 12.8. The minimum absolute atomic E-state index is 0.414. The van der Waals surface area contributed by atoms with Gasteiger partial charge in [-0.1, -0.05) is 12.1 Å². The van der Waals surface area contributed by atoms with Gasteiger partial charge in [0.05, 0.1) is 12.8 Å². The molecule has 94 valence electrons. The summed E-state index contributed by atoms with van der Waals surface area (Å²) in [6.07, 6.45) is 1.74. The number of hydrogen-bond acceptors (Lipinski definition) is 3. The number of nitrogens with zero attached hydrogens (tertiary/aromatic N) is 1. The van der Waals surface area contributed by atoms with Gasteiger partial charge in [0, 0.05) is 12.1 Å². The van der Waals surface area contributed by atoms with E-state index in [1.165, 1.54) is 0 Å². The molecule has 0 aliphatic carbocycles. The predicted molar refractivity (Wildman–Crippen MR) is 71.1 cm³/mol. The summed E-state index contributed by atoms with van der Waals surface area (Å²) in [5.74, 6) is 1.83. The first-order valence-corrected chi connectivity index (χ1v) is 6.12. The Morgan fingerprint density at radius 2 is 2.06 bits per heavy atom. The molecule has 0 saturated carbocycles. The summed E-state index contributed by atoms with van der Waals surface area (Å²) < 4.78 is 11.0. The normalized spacial score (nSPS) is 10.1. The average Bonchev–Trinajstić information content (AvgIpc) is 2.46. The van der Waals surface area contributed by atoms with E-state index in [0.29, 0.717) is 24.0 Å². The van der Waals surface area contributed by atoms with Crippen LogP contribution >= 0.6 is 11.6 Å². The Bertz CT molecular complexity index is 502. The molecule has 0 amide bonds. The lowest BCUT2D eigenvalue weighted by Gasteiger charge is -2.11. The highest BCUT2D eigenvalue weighted by molar-refractivity contribution is 6.17. The van der Waals surface area contributed by atoms with Crippen molar-refractivity contribution in [2.45, 2.75) is 12.5 Å². The van der Waals surface area contributed by atoms with Gasteiger partial charge in [-0.3, -0.25) is 4.98 Å². The first-order chi connectivity index (χ1) is 8.83. The largest absolute Gasteiger partial charge is 0.493 e. The summed E-state index contributed by atoms with van der Waals surface area (Å²) in [5.41, 5.74) is 1.87. The number of rotatable bonds is 5. The van der Waals surface area contributed by atoms with Crippen LogP contribution in [0.15, 0.2) is 42.6 Å². The molecule has 0 radical (unpaired) electrons. The second-order valence-electron chi connectivity index (χ2n) is 3.73. The van der Waals surface area contributed by atoms with E-state index in [9.17, 15) is 0 Å². The van der Waals surface area contributed by atoms with E-state index in [-0.39, 0.29) is 0 Å². The van der Waals surface area contributed by atoms with E-state index in [1.807, 2.05) is 36.4 Å². The molecule has 0 aliphatic heterocycles. The molecule has 1 aromatic carbocycles. The van der Waals surface area contributed by atoms with E-state index in [2.05, 4.69) is 4.98 Å². The summed E-state index contributed by atoms with van der Waals surface area (Å²) in [5, 5.41) is 0. The monoisotopic (exact) mass is 263 g/mol. The number of ether oxygens (including phenoxy) is 2. The van der Waals surface area contributed by atoms with Gasteiger partial charge in [-0.25, -0.2) is 0 Å². The summed E-state index contributed by atoms with van der Waals surface area (Å²) in [6, 6.07) is 11.4. The van der Waals surface area contributed by atoms with Gasteiger partial charge in [-0.15, -0.1) is 11.6 Å². The van der Waals surface area contributed by atoms with Crippen molar-refractivity contribution in [3.05, 3.63) is 53.9 Å². The second kappa shape index (κ2) is 6.26. The van der Waals surface area contributed by atoms with Crippen LogP contribution in [0.5, 0.6) is 11.5 Å². The lowest BCUT2D eigenvalue weighted by atomic mass is 10.2. The van der Waals surface area contributed by atoms with Gasteiger partial charge in [0.25, 0.3) is 0 Å². The number of alkyl halides is 1. The van der Waals surface area contributed by atoms with Gasteiger partial charge in [-0.05, 0) is 29.8 Å². The molecular weight excluding hydrogens is 250 g/mol. The second-order valence-corrected chi connectivity index (χ2v) is 4.00. The smallest absolute Gasteiger partial charge is 0.161 e. The molecule has 2 aromatic rings. The number of pyridine rings is 1. The summed E-state index contributed by atoms with van der Waals surface area (Å²) in [4.78, 5) is 4.20. The summed E-state index contributed by atoms with van der Waals surface area (Å²) >= 11 is 5.77. The number of aromatic nitrogens is 1. The quantitative estimate of drug-likeness (QED) is 0.775. The maximum atomic E-state index is 5.77. The Balaban J connectivity index is 2.09. The Kier molecular flexibility index (Phi) is 4.42. The maximum absolute atomic E-state index is 5.77. The molecule has 0 unspecified atom stereocenters. The van der Waals surface area contributed by atoms with E-state index >= 15 is 0 Å². The van der Waals surface area contributed by atoms with Crippen molar-refractivity contribution >= 4 is 11.6 Å². The lowest BCUT2D eigenvalue weighted by molar-refractivity contribution is 0.280. The molecule has 18 heavy (non-hydrogen) atoms. The first-order valence-electron chi connectivity index (χ1n) is 5.59. The average molecular weight is 264 g/mol. The molecule has 4 heteroatoms. The van der Waals surface area contributed by atoms with Crippen LogP contribution in [0.25, 0.3) is 0 Å². The molecule has 0 atom stereocenters. The summed E-state index contributed by atoms with van der Waals surface area (Å²) in [6.45, 7) is 0.414. The first kappa shape index (κ1) is 12.7. The molecule has 0 fully saturated rings. The Morgan fingerprint density at radius 1 is 1.17 bits per heavy atom. The van der Waals surface area contributed by atoms with Crippen LogP contribution in [0, 0.1) is 0 Å². The molecular formula is C14H14ClNO2. The van der Waals surface area contributed by atoms with Crippen molar-refractivity contribution in [1.82, 2.24) is 4.98 Å². The Labute approximate surface area is 111 Å². The van der Waals surface area contributed by atoms with Crippen molar-refractivity contribution in [3.63, 3.8) is 0 Å². The standard InChI is InChI=1S/C14H14ClNO2/c1-17-14-8-11(9-15)5-6-13(14)18-10-12-4-2-3-7-16-12/h2-8H,9-10H2,1H3. The Morgan fingerprint density at radius 3 is 2.72 bits per heavy atom.